The molecule has 5 N–H and O–H groups in total. The zero-order valence-corrected chi connectivity index (χ0v) is 9.23. The quantitative estimate of drug-likeness (QED) is 0.496. The van der Waals surface area contributed by atoms with Crippen molar-refractivity contribution in [2.75, 3.05) is 18.9 Å². The molecule has 0 radical (unpaired) electrons. The fourth-order valence-electron chi connectivity index (χ4n) is 2.09. The van der Waals surface area contributed by atoms with Crippen LogP contribution in [0.5, 0.6) is 0 Å². The Morgan fingerprint density at radius 1 is 1.62 bits per heavy atom. The molecular formula is C11H18N4O. The maximum Gasteiger partial charge on any atom is 0.126 e. The van der Waals surface area contributed by atoms with E-state index >= 15 is 0 Å². The Labute approximate surface area is 95.1 Å². The number of nitrogens with zero attached hydrogens (tertiary/aromatic N) is 1. The van der Waals surface area contributed by atoms with Gasteiger partial charge in [0.25, 0.3) is 0 Å². The number of hydrogen-bond donors (Lipinski definition) is 3. The van der Waals surface area contributed by atoms with Gasteiger partial charge in [0, 0.05) is 24.8 Å². The van der Waals surface area contributed by atoms with Gasteiger partial charge in [-0.05, 0) is 24.5 Å². The largest absolute Gasteiger partial charge is 0.383 e. The summed E-state index contributed by atoms with van der Waals surface area (Å²) in [6, 6.07) is 4.08. The fourth-order valence-corrected chi connectivity index (χ4v) is 2.09. The predicted octanol–water partition coefficient (Wildman–Crippen LogP) is 0.0747. The maximum atomic E-state index is 5.81. The van der Waals surface area contributed by atoms with E-state index in [9.17, 15) is 0 Å². The molecule has 1 aliphatic rings. The second-order valence-electron chi connectivity index (χ2n) is 4.15. The summed E-state index contributed by atoms with van der Waals surface area (Å²) in [4.78, 5) is 4.07. The monoisotopic (exact) mass is 222 g/mol. The van der Waals surface area contributed by atoms with Crippen molar-refractivity contribution in [3.05, 3.63) is 23.9 Å². The van der Waals surface area contributed by atoms with Gasteiger partial charge in [-0.2, -0.15) is 0 Å². The van der Waals surface area contributed by atoms with E-state index in [1.807, 2.05) is 12.1 Å². The normalized spacial score (nSPS) is 22.2. The van der Waals surface area contributed by atoms with E-state index in [4.69, 9.17) is 16.3 Å². The van der Waals surface area contributed by atoms with Crippen LogP contribution in [0.3, 0.4) is 0 Å². The van der Waals surface area contributed by atoms with E-state index in [1.54, 1.807) is 6.20 Å². The Morgan fingerprint density at radius 3 is 3.12 bits per heavy atom. The van der Waals surface area contributed by atoms with Crippen LogP contribution < -0.4 is 17.0 Å². The first-order chi connectivity index (χ1) is 7.81. The molecule has 2 heterocycles. The molecule has 0 spiro atoms. The van der Waals surface area contributed by atoms with Crippen molar-refractivity contribution in [1.29, 1.82) is 0 Å². The van der Waals surface area contributed by atoms with Crippen LogP contribution in [0.25, 0.3) is 0 Å². The summed E-state index contributed by atoms with van der Waals surface area (Å²) < 4.78 is 5.37. The third kappa shape index (κ3) is 2.49. The third-order valence-corrected chi connectivity index (χ3v) is 3.11. The molecule has 0 aliphatic carbocycles. The molecule has 5 heteroatoms. The molecule has 1 fully saturated rings. The molecular weight excluding hydrogens is 204 g/mol. The number of aromatic nitrogens is 1. The van der Waals surface area contributed by atoms with Crippen LogP contribution in [0.4, 0.5) is 5.82 Å². The van der Waals surface area contributed by atoms with Crippen molar-refractivity contribution < 1.29 is 4.74 Å². The second-order valence-corrected chi connectivity index (χ2v) is 4.15. The standard InChI is InChI=1S/C11H18N4O/c12-11-8(2-1-4-14-11)6-10(15-13)9-3-5-16-7-9/h1-2,4,9-10,15H,3,5-7,13H2,(H2,12,14). The van der Waals surface area contributed by atoms with Crippen molar-refractivity contribution in [2.24, 2.45) is 11.8 Å². The average Bonchev–Trinajstić information content (AvgIpc) is 2.81. The molecule has 1 aliphatic heterocycles. The molecule has 88 valence electrons. The molecule has 16 heavy (non-hydrogen) atoms. The van der Waals surface area contributed by atoms with Crippen LogP contribution in [-0.2, 0) is 11.2 Å². The Hall–Kier alpha value is -1.17. The maximum absolute atomic E-state index is 5.81. The lowest BCUT2D eigenvalue weighted by molar-refractivity contribution is 0.176. The van der Waals surface area contributed by atoms with E-state index < -0.39 is 0 Å². The number of anilines is 1. The van der Waals surface area contributed by atoms with E-state index in [1.165, 1.54) is 0 Å². The summed E-state index contributed by atoms with van der Waals surface area (Å²) in [6.07, 6.45) is 3.54. The van der Waals surface area contributed by atoms with Crippen molar-refractivity contribution >= 4 is 5.82 Å². The highest BCUT2D eigenvalue weighted by Crippen LogP contribution is 2.20. The number of nitrogen functional groups attached to an aromatic ring is 1. The van der Waals surface area contributed by atoms with Crippen LogP contribution in [0.1, 0.15) is 12.0 Å². The molecule has 5 nitrogen and oxygen atoms in total. The summed E-state index contributed by atoms with van der Waals surface area (Å²) in [6.45, 7) is 1.60. The van der Waals surface area contributed by atoms with E-state index in [0.717, 1.165) is 31.6 Å². The van der Waals surface area contributed by atoms with Crippen LogP contribution in [0.15, 0.2) is 18.3 Å². The van der Waals surface area contributed by atoms with Crippen molar-refractivity contribution in [2.45, 2.75) is 18.9 Å². The molecule has 0 bridgehead atoms. The second kappa shape index (κ2) is 5.25. The highest BCUT2D eigenvalue weighted by atomic mass is 16.5. The smallest absolute Gasteiger partial charge is 0.126 e. The summed E-state index contributed by atoms with van der Waals surface area (Å²) in [5.74, 6) is 6.63. The first-order valence-corrected chi connectivity index (χ1v) is 5.54. The number of nitrogens with two attached hydrogens (primary N) is 2. The average molecular weight is 222 g/mol. The van der Waals surface area contributed by atoms with Crippen LogP contribution in [0, 0.1) is 5.92 Å². The van der Waals surface area contributed by atoms with E-state index in [0.29, 0.717) is 11.7 Å². The summed E-state index contributed by atoms with van der Waals surface area (Å²) in [5.41, 5.74) is 9.71. The lowest BCUT2D eigenvalue weighted by Gasteiger charge is -2.21. The van der Waals surface area contributed by atoms with Gasteiger partial charge in [-0.3, -0.25) is 11.3 Å². The van der Waals surface area contributed by atoms with Gasteiger partial charge in [-0.1, -0.05) is 6.07 Å². The van der Waals surface area contributed by atoms with Crippen LogP contribution >= 0.6 is 0 Å². The zero-order valence-electron chi connectivity index (χ0n) is 9.23. The molecule has 1 aromatic heterocycles. The zero-order chi connectivity index (χ0) is 11.4. The minimum Gasteiger partial charge on any atom is -0.383 e. The molecule has 2 atom stereocenters. The summed E-state index contributed by atoms with van der Waals surface area (Å²) in [7, 11) is 0. The molecule has 2 rings (SSSR count). The number of nitrogens with one attached hydrogen (secondary N) is 1. The number of ether oxygens (including phenoxy) is 1. The third-order valence-electron chi connectivity index (χ3n) is 3.11. The number of hydrazine groups is 1. The van der Waals surface area contributed by atoms with E-state index in [-0.39, 0.29) is 6.04 Å². The summed E-state index contributed by atoms with van der Waals surface area (Å²) >= 11 is 0. The van der Waals surface area contributed by atoms with Gasteiger partial charge in [0.1, 0.15) is 5.82 Å². The highest BCUT2D eigenvalue weighted by molar-refractivity contribution is 5.38. The molecule has 0 aromatic carbocycles. The van der Waals surface area contributed by atoms with Crippen molar-refractivity contribution in [1.82, 2.24) is 10.4 Å². The Morgan fingerprint density at radius 2 is 2.50 bits per heavy atom. The van der Waals surface area contributed by atoms with Crippen molar-refractivity contribution in [3.63, 3.8) is 0 Å². The highest BCUT2D eigenvalue weighted by Gasteiger charge is 2.25. The molecule has 1 aromatic rings. The van der Waals surface area contributed by atoms with Gasteiger partial charge < -0.3 is 10.5 Å². The lowest BCUT2D eigenvalue weighted by Crippen LogP contribution is -2.42. The van der Waals surface area contributed by atoms with Crippen LogP contribution in [-0.4, -0.2) is 24.2 Å². The molecule has 1 saturated heterocycles. The Kier molecular flexibility index (Phi) is 3.71. The molecule has 0 amide bonds. The lowest BCUT2D eigenvalue weighted by atomic mass is 9.93. The Balaban J connectivity index is 2.03. The minimum atomic E-state index is 0.203. The van der Waals surface area contributed by atoms with Gasteiger partial charge in [-0.15, -0.1) is 0 Å². The number of pyridine rings is 1. The van der Waals surface area contributed by atoms with Gasteiger partial charge in [-0.25, -0.2) is 4.98 Å². The first-order valence-electron chi connectivity index (χ1n) is 5.54. The fraction of sp³-hybridized carbons (Fsp3) is 0.545. The van der Waals surface area contributed by atoms with Gasteiger partial charge >= 0.3 is 0 Å². The first kappa shape index (κ1) is 11.3. The predicted molar refractivity (Wildman–Crippen MR) is 62.4 cm³/mol. The SMILES string of the molecule is NNC(Cc1cccnc1N)C1CCOC1. The number of hydrogen-bond acceptors (Lipinski definition) is 5. The van der Waals surface area contributed by atoms with Gasteiger partial charge in [0.2, 0.25) is 0 Å². The van der Waals surface area contributed by atoms with Crippen molar-refractivity contribution in [3.8, 4) is 0 Å². The van der Waals surface area contributed by atoms with E-state index in [2.05, 4.69) is 10.4 Å². The topological polar surface area (TPSA) is 86.2 Å². The van der Waals surface area contributed by atoms with Gasteiger partial charge in [0.05, 0.1) is 6.61 Å². The molecule has 0 saturated carbocycles. The van der Waals surface area contributed by atoms with Gasteiger partial charge in [0.15, 0.2) is 0 Å². The van der Waals surface area contributed by atoms with Crippen LogP contribution in [0.2, 0.25) is 0 Å². The number of rotatable bonds is 4. The minimum absolute atomic E-state index is 0.203. The summed E-state index contributed by atoms with van der Waals surface area (Å²) in [5, 5.41) is 0. The molecule has 2 unspecified atom stereocenters. The Bertz CT molecular complexity index is 339.